The molecule has 9 heavy (non-hydrogen) atoms. The highest BCUT2D eigenvalue weighted by Crippen LogP contribution is 1.93. The second-order valence-corrected chi connectivity index (χ2v) is 2.00. The summed E-state index contributed by atoms with van der Waals surface area (Å²) in [6.45, 7) is 5.38. The Bertz CT molecular complexity index is 152. The Balaban J connectivity index is 4.00. The average Bonchev–Trinajstić information content (AvgIpc) is 1.63. The van der Waals surface area contributed by atoms with Crippen molar-refractivity contribution in [1.29, 1.82) is 0 Å². The van der Waals surface area contributed by atoms with Crippen LogP contribution in [-0.2, 0) is 4.79 Å². The van der Waals surface area contributed by atoms with E-state index in [1.165, 1.54) is 0 Å². The van der Waals surface area contributed by atoms with Gasteiger partial charge in [-0.2, -0.15) is 0 Å². The highest BCUT2D eigenvalue weighted by Gasteiger charge is 1.83. The Hall–Kier alpha value is -0.850. The molecule has 0 bridgehead atoms. The van der Waals surface area contributed by atoms with Crippen molar-refractivity contribution in [2.24, 2.45) is 0 Å². The first-order valence-electron chi connectivity index (χ1n) is 2.98. The van der Waals surface area contributed by atoms with Gasteiger partial charge in [-0.05, 0) is 32.4 Å². The van der Waals surface area contributed by atoms with Crippen molar-refractivity contribution in [1.82, 2.24) is 0 Å². The zero-order chi connectivity index (χ0) is 7.28. The molecular weight excluding hydrogens is 112 g/mol. The molecule has 0 aromatic rings. The summed E-state index contributed by atoms with van der Waals surface area (Å²) in [4.78, 5) is 10.4. The molecule has 1 heteroatoms. The van der Waals surface area contributed by atoms with E-state index in [1.54, 1.807) is 13.0 Å². The fraction of sp³-hybridized carbons (Fsp3) is 0.375. The molecule has 1 nitrogen and oxygen atoms in total. The van der Waals surface area contributed by atoms with Crippen LogP contribution in [0.4, 0.5) is 0 Å². The van der Waals surface area contributed by atoms with Crippen LogP contribution >= 0.6 is 0 Å². The maximum Gasteiger partial charge on any atom is 0.152 e. The molecule has 0 aliphatic heterocycles. The smallest absolute Gasteiger partial charge is 0.152 e. The van der Waals surface area contributed by atoms with Gasteiger partial charge in [0.1, 0.15) is 0 Å². The molecule has 0 amide bonds. The van der Waals surface area contributed by atoms with Gasteiger partial charge in [0, 0.05) is 0 Å². The Morgan fingerprint density at radius 1 is 1.33 bits per heavy atom. The molecule has 0 atom stereocenters. The third-order valence-corrected chi connectivity index (χ3v) is 0.860. The highest BCUT2D eigenvalue weighted by molar-refractivity contribution is 5.88. The Morgan fingerprint density at radius 2 is 1.89 bits per heavy atom. The van der Waals surface area contributed by atoms with Crippen LogP contribution in [0.3, 0.4) is 0 Å². The number of ketones is 1. The number of rotatable bonds is 2. The summed E-state index contributed by atoms with van der Waals surface area (Å²) in [5, 5.41) is 0. The van der Waals surface area contributed by atoms with Crippen LogP contribution in [0.1, 0.15) is 20.8 Å². The van der Waals surface area contributed by atoms with Gasteiger partial charge >= 0.3 is 0 Å². The summed E-state index contributed by atoms with van der Waals surface area (Å²) >= 11 is 0. The standard InChI is InChI=1S/C8H12O/c1-4-5-7(2)6-8(3)9/h4-6H,1-3H3/b5-4+,7-6-. The van der Waals surface area contributed by atoms with E-state index in [0.29, 0.717) is 0 Å². The average molecular weight is 124 g/mol. The van der Waals surface area contributed by atoms with Gasteiger partial charge in [-0.15, -0.1) is 0 Å². The van der Waals surface area contributed by atoms with Gasteiger partial charge in [0.15, 0.2) is 5.78 Å². The molecule has 0 unspecified atom stereocenters. The van der Waals surface area contributed by atoms with E-state index in [9.17, 15) is 4.79 Å². The molecule has 0 N–H and O–H groups in total. The fourth-order valence-corrected chi connectivity index (χ4v) is 0.632. The summed E-state index contributed by atoms with van der Waals surface area (Å²) in [6, 6.07) is 0. The third-order valence-electron chi connectivity index (χ3n) is 0.860. The van der Waals surface area contributed by atoms with Gasteiger partial charge in [0.2, 0.25) is 0 Å². The minimum absolute atomic E-state index is 0.102. The van der Waals surface area contributed by atoms with Gasteiger partial charge in [0.05, 0.1) is 0 Å². The molecule has 0 aliphatic carbocycles. The van der Waals surface area contributed by atoms with Crippen LogP contribution < -0.4 is 0 Å². The van der Waals surface area contributed by atoms with E-state index in [2.05, 4.69) is 0 Å². The molecule has 0 rings (SSSR count). The first-order chi connectivity index (χ1) is 4.16. The summed E-state index contributed by atoms with van der Waals surface area (Å²) in [5.41, 5.74) is 1.00. The van der Waals surface area contributed by atoms with Gasteiger partial charge in [-0.25, -0.2) is 0 Å². The van der Waals surface area contributed by atoms with Crippen molar-refractivity contribution in [3.63, 3.8) is 0 Å². The lowest BCUT2D eigenvalue weighted by atomic mass is 10.2. The van der Waals surface area contributed by atoms with Gasteiger partial charge in [0.25, 0.3) is 0 Å². The number of hydrogen-bond acceptors (Lipinski definition) is 1. The largest absolute Gasteiger partial charge is 0.295 e. The molecule has 0 fully saturated rings. The minimum atomic E-state index is 0.102. The second-order valence-electron chi connectivity index (χ2n) is 2.00. The monoisotopic (exact) mass is 124 g/mol. The topological polar surface area (TPSA) is 17.1 Å². The lowest BCUT2D eigenvalue weighted by Crippen LogP contribution is -1.81. The summed E-state index contributed by atoms with van der Waals surface area (Å²) < 4.78 is 0. The van der Waals surface area contributed by atoms with Crippen molar-refractivity contribution in [2.75, 3.05) is 0 Å². The third kappa shape index (κ3) is 5.01. The summed E-state index contributed by atoms with van der Waals surface area (Å²) in [6.07, 6.45) is 5.43. The van der Waals surface area contributed by atoms with E-state index < -0.39 is 0 Å². The molecule has 0 aromatic carbocycles. The van der Waals surface area contributed by atoms with Crippen molar-refractivity contribution in [3.8, 4) is 0 Å². The second kappa shape index (κ2) is 4.07. The van der Waals surface area contributed by atoms with Crippen molar-refractivity contribution < 1.29 is 4.79 Å². The van der Waals surface area contributed by atoms with E-state index in [-0.39, 0.29) is 5.78 Å². The molecule has 0 aromatic heterocycles. The fourth-order valence-electron chi connectivity index (χ4n) is 0.632. The lowest BCUT2D eigenvalue weighted by Gasteiger charge is -1.85. The first kappa shape index (κ1) is 8.15. The van der Waals surface area contributed by atoms with Crippen LogP contribution in [0.15, 0.2) is 23.8 Å². The van der Waals surface area contributed by atoms with Crippen molar-refractivity contribution >= 4 is 5.78 Å². The first-order valence-corrected chi connectivity index (χ1v) is 2.98. The van der Waals surface area contributed by atoms with E-state index >= 15 is 0 Å². The van der Waals surface area contributed by atoms with Gasteiger partial charge < -0.3 is 0 Å². The number of carbonyl (C=O) groups excluding carboxylic acids is 1. The summed E-state index contributed by atoms with van der Waals surface area (Å²) in [7, 11) is 0. The van der Waals surface area contributed by atoms with E-state index in [0.717, 1.165) is 5.57 Å². The predicted octanol–water partition coefficient (Wildman–Crippen LogP) is 2.10. The Kier molecular flexibility index (Phi) is 3.69. The lowest BCUT2D eigenvalue weighted by molar-refractivity contribution is -0.112. The molecule has 0 radical (unpaired) electrons. The van der Waals surface area contributed by atoms with Crippen LogP contribution in [0.5, 0.6) is 0 Å². The maximum atomic E-state index is 10.4. The zero-order valence-electron chi connectivity index (χ0n) is 6.14. The zero-order valence-corrected chi connectivity index (χ0v) is 6.14. The van der Waals surface area contributed by atoms with Crippen LogP contribution in [0.2, 0.25) is 0 Å². The highest BCUT2D eigenvalue weighted by atomic mass is 16.1. The maximum absolute atomic E-state index is 10.4. The van der Waals surface area contributed by atoms with Gasteiger partial charge in [-0.1, -0.05) is 12.2 Å². The SMILES string of the molecule is C/C=C/C(C)=C\C(C)=O. The van der Waals surface area contributed by atoms with E-state index in [1.807, 2.05) is 26.0 Å². The molecule has 0 saturated carbocycles. The molecule has 0 aliphatic rings. The van der Waals surface area contributed by atoms with Gasteiger partial charge in [-0.3, -0.25) is 4.79 Å². The molecule has 0 spiro atoms. The number of allylic oxidation sites excluding steroid dienone is 4. The molecule has 50 valence electrons. The van der Waals surface area contributed by atoms with Crippen LogP contribution in [0, 0.1) is 0 Å². The molecular formula is C8H12O. The van der Waals surface area contributed by atoms with Crippen molar-refractivity contribution in [2.45, 2.75) is 20.8 Å². The molecule has 0 saturated heterocycles. The normalized spacial score (nSPS) is 12.6. The predicted molar refractivity (Wildman–Crippen MR) is 39.3 cm³/mol. The quantitative estimate of drug-likeness (QED) is 0.407. The summed E-state index contributed by atoms with van der Waals surface area (Å²) in [5.74, 6) is 0.102. The van der Waals surface area contributed by atoms with E-state index in [4.69, 9.17) is 0 Å². The molecule has 0 heterocycles. The van der Waals surface area contributed by atoms with Crippen LogP contribution in [-0.4, -0.2) is 5.78 Å². The Morgan fingerprint density at radius 3 is 2.22 bits per heavy atom. The number of carbonyl (C=O) groups is 1. The van der Waals surface area contributed by atoms with Crippen LogP contribution in [0.25, 0.3) is 0 Å². The van der Waals surface area contributed by atoms with Crippen molar-refractivity contribution in [3.05, 3.63) is 23.8 Å². The Labute approximate surface area is 56.1 Å². The minimum Gasteiger partial charge on any atom is -0.295 e. The number of hydrogen-bond donors (Lipinski definition) is 0.